The number of hydrogen-bond donors (Lipinski definition) is 0. The first-order chi connectivity index (χ1) is 11.2. The molecule has 1 aliphatic carbocycles. The van der Waals surface area contributed by atoms with Gasteiger partial charge in [-0.25, -0.2) is 4.98 Å². The summed E-state index contributed by atoms with van der Waals surface area (Å²) < 4.78 is 7.59. The second-order valence-corrected chi connectivity index (χ2v) is 8.54. The summed E-state index contributed by atoms with van der Waals surface area (Å²) in [5.74, 6) is 0.713. The fourth-order valence-electron chi connectivity index (χ4n) is 3.71. The SMILES string of the molecule is CSc1nc2sc3c(c2c(=O)n1C[C@@H]1CCCO1)CC[C@@H](C)C3. The third-order valence-corrected chi connectivity index (χ3v) is 6.80. The Bertz CT molecular complexity index is 790. The van der Waals surface area contributed by atoms with Gasteiger partial charge in [-0.2, -0.15) is 0 Å². The Morgan fingerprint density at radius 3 is 3.04 bits per heavy atom. The third kappa shape index (κ3) is 2.75. The molecule has 1 aliphatic heterocycles. The van der Waals surface area contributed by atoms with Crippen LogP contribution in [0.1, 0.15) is 36.6 Å². The van der Waals surface area contributed by atoms with Crippen molar-refractivity contribution < 1.29 is 4.74 Å². The molecule has 23 heavy (non-hydrogen) atoms. The van der Waals surface area contributed by atoms with E-state index in [1.807, 2.05) is 10.8 Å². The monoisotopic (exact) mass is 350 g/mol. The lowest BCUT2D eigenvalue weighted by Crippen LogP contribution is -2.29. The molecule has 0 spiro atoms. The van der Waals surface area contributed by atoms with Crippen LogP contribution in [0.4, 0.5) is 0 Å². The van der Waals surface area contributed by atoms with E-state index in [4.69, 9.17) is 9.72 Å². The number of thioether (sulfide) groups is 1. The molecular weight excluding hydrogens is 328 g/mol. The molecule has 2 aromatic heterocycles. The van der Waals surface area contributed by atoms with Crippen LogP contribution in [0.5, 0.6) is 0 Å². The highest BCUT2D eigenvalue weighted by atomic mass is 32.2. The lowest BCUT2D eigenvalue weighted by molar-refractivity contribution is 0.0937. The summed E-state index contributed by atoms with van der Waals surface area (Å²) in [4.78, 5) is 20.3. The first-order valence-electron chi connectivity index (χ1n) is 8.38. The average Bonchev–Trinajstić information content (AvgIpc) is 3.16. The fourth-order valence-corrected chi connectivity index (χ4v) is 5.70. The number of fused-ring (bicyclic) bond motifs is 3. The predicted octanol–water partition coefficient (Wildman–Crippen LogP) is 3.48. The van der Waals surface area contributed by atoms with E-state index in [1.54, 1.807) is 23.1 Å². The Morgan fingerprint density at radius 2 is 2.30 bits per heavy atom. The number of aromatic nitrogens is 2. The van der Waals surface area contributed by atoms with E-state index in [2.05, 4.69) is 6.92 Å². The Kier molecular flexibility index (Phi) is 4.24. The Hall–Kier alpha value is -0.850. The van der Waals surface area contributed by atoms with Crippen LogP contribution in [-0.2, 0) is 24.1 Å². The molecule has 4 nitrogen and oxygen atoms in total. The van der Waals surface area contributed by atoms with Gasteiger partial charge < -0.3 is 4.74 Å². The van der Waals surface area contributed by atoms with Gasteiger partial charge in [-0.05, 0) is 49.8 Å². The topological polar surface area (TPSA) is 44.1 Å². The molecule has 0 aromatic carbocycles. The van der Waals surface area contributed by atoms with Gasteiger partial charge in [0.15, 0.2) is 5.16 Å². The van der Waals surface area contributed by atoms with Gasteiger partial charge in [0, 0.05) is 11.5 Å². The van der Waals surface area contributed by atoms with Crippen LogP contribution in [-0.4, -0.2) is 28.5 Å². The normalized spacial score (nSPS) is 24.3. The van der Waals surface area contributed by atoms with Crippen LogP contribution in [0.25, 0.3) is 10.2 Å². The lowest BCUT2D eigenvalue weighted by Gasteiger charge is -2.18. The summed E-state index contributed by atoms with van der Waals surface area (Å²) in [5, 5.41) is 1.71. The Morgan fingerprint density at radius 1 is 1.43 bits per heavy atom. The molecule has 6 heteroatoms. The zero-order chi connectivity index (χ0) is 16.0. The third-order valence-electron chi connectivity index (χ3n) is 4.97. The lowest BCUT2D eigenvalue weighted by atomic mass is 9.89. The van der Waals surface area contributed by atoms with Gasteiger partial charge >= 0.3 is 0 Å². The summed E-state index contributed by atoms with van der Waals surface area (Å²) in [6.07, 6.45) is 7.57. The highest BCUT2D eigenvalue weighted by Gasteiger charge is 2.26. The van der Waals surface area contributed by atoms with Gasteiger partial charge in [-0.3, -0.25) is 9.36 Å². The number of ether oxygens (including phenoxy) is 1. The van der Waals surface area contributed by atoms with E-state index in [-0.39, 0.29) is 11.7 Å². The molecule has 124 valence electrons. The molecule has 0 bridgehead atoms. The highest BCUT2D eigenvalue weighted by Crippen LogP contribution is 2.36. The molecule has 3 heterocycles. The van der Waals surface area contributed by atoms with E-state index in [1.165, 1.54) is 16.9 Å². The van der Waals surface area contributed by atoms with Crippen LogP contribution < -0.4 is 5.56 Å². The molecule has 0 radical (unpaired) electrons. The molecule has 2 aliphatic rings. The van der Waals surface area contributed by atoms with Crippen molar-refractivity contribution in [3.05, 3.63) is 20.8 Å². The molecule has 2 atom stereocenters. The summed E-state index contributed by atoms with van der Waals surface area (Å²) in [6.45, 7) is 3.75. The second-order valence-electron chi connectivity index (χ2n) is 6.68. The van der Waals surface area contributed by atoms with Crippen LogP contribution in [0.2, 0.25) is 0 Å². The maximum atomic E-state index is 13.2. The molecule has 0 amide bonds. The highest BCUT2D eigenvalue weighted by molar-refractivity contribution is 7.98. The average molecular weight is 351 g/mol. The number of aryl methyl sites for hydroxylation is 1. The van der Waals surface area contributed by atoms with Gasteiger partial charge in [0.05, 0.1) is 18.0 Å². The van der Waals surface area contributed by atoms with E-state index >= 15 is 0 Å². The van der Waals surface area contributed by atoms with Crippen LogP contribution in [0.3, 0.4) is 0 Å². The zero-order valence-corrected chi connectivity index (χ0v) is 15.3. The molecule has 0 saturated carbocycles. The fraction of sp³-hybridized carbons (Fsp3) is 0.647. The van der Waals surface area contributed by atoms with Gasteiger partial charge in [-0.1, -0.05) is 18.7 Å². The van der Waals surface area contributed by atoms with Crippen LogP contribution in [0, 0.1) is 5.92 Å². The smallest absolute Gasteiger partial charge is 0.263 e. The molecule has 2 aromatic rings. The number of thiophene rings is 1. The van der Waals surface area contributed by atoms with E-state index in [0.717, 1.165) is 47.7 Å². The van der Waals surface area contributed by atoms with Gasteiger partial charge in [-0.15, -0.1) is 11.3 Å². The standard InChI is InChI=1S/C17H22N2O2S2/c1-10-5-6-12-13(8-10)23-15-14(12)16(20)19(17(18-15)22-2)9-11-4-3-7-21-11/h10-11H,3-9H2,1-2H3/t10-,11+/m1/s1. The summed E-state index contributed by atoms with van der Waals surface area (Å²) >= 11 is 3.29. The summed E-state index contributed by atoms with van der Waals surface area (Å²) in [5.41, 5.74) is 1.41. The molecular formula is C17H22N2O2S2. The van der Waals surface area contributed by atoms with Crippen LogP contribution >= 0.6 is 23.1 Å². The molecule has 0 unspecified atom stereocenters. The van der Waals surface area contributed by atoms with Crippen molar-refractivity contribution in [1.82, 2.24) is 9.55 Å². The Labute approximate surface area is 144 Å². The van der Waals surface area contributed by atoms with Crippen molar-refractivity contribution in [3.8, 4) is 0 Å². The van der Waals surface area contributed by atoms with Crippen molar-refractivity contribution in [2.24, 2.45) is 5.92 Å². The first-order valence-corrected chi connectivity index (χ1v) is 10.4. The van der Waals surface area contributed by atoms with Gasteiger partial charge in [0.2, 0.25) is 0 Å². The zero-order valence-electron chi connectivity index (χ0n) is 13.6. The quantitative estimate of drug-likeness (QED) is 0.628. The van der Waals surface area contributed by atoms with Gasteiger partial charge in [0.1, 0.15) is 4.83 Å². The molecule has 1 saturated heterocycles. The largest absolute Gasteiger partial charge is 0.376 e. The van der Waals surface area contributed by atoms with Crippen molar-refractivity contribution >= 4 is 33.3 Å². The van der Waals surface area contributed by atoms with Crippen LogP contribution in [0.15, 0.2) is 9.95 Å². The predicted molar refractivity (Wildman–Crippen MR) is 95.8 cm³/mol. The molecule has 1 fully saturated rings. The Balaban J connectivity index is 1.85. The maximum absolute atomic E-state index is 13.2. The van der Waals surface area contributed by atoms with Crippen molar-refractivity contribution in [1.29, 1.82) is 0 Å². The van der Waals surface area contributed by atoms with Gasteiger partial charge in [0.25, 0.3) is 5.56 Å². The van der Waals surface area contributed by atoms with Crippen molar-refractivity contribution in [2.45, 2.75) is 56.8 Å². The van der Waals surface area contributed by atoms with Crippen molar-refractivity contribution in [2.75, 3.05) is 12.9 Å². The van der Waals surface area contributed by atoms with E-state index in [9.17, 15) is 4.79 Å². The molecule has 4 rings (SSSR count). The maximum Gasteiger partial charge on any atom is 0.263 e. The minimum Gasteiger partial charge on any atom is -0.376 e. The minimum absolute atomic E-state index is 0.141. The van der Waals surface area contributed by atoms with E-state index < -0.39 is 0 Å². The minimum atomic E-state index is 0.141. The molecule has 0 N–H and O–H groups in total. The van der Waals surface area contributed by atoms with E-state index in [0.29, 0.717) is 12.5 Å². The van der Waals surface area contributed by atoms with Crippen molar-refractivity contribution in [3.63, 3.8) is 0 Å². The summed E-state index contributed by atoms with van der Waals surface area (Å²) in [6, 6.07) is 0. The number of rotatable bonds is 3. The number of hydrogen-bond acceptors (Lipinski definition) is 5. The second kappa shape index (κ2) is 6.22. The summed E-state index contributed by atoms with van der Waals surface area (Å²) in [7, 11) is 0. The first kappa shape index (κ1) is 15.7. The number of nitrogens with zero attached hydrogens (tertiary/aromatic N) is 2.